The predicted molar refractivity (Wildman–Crippen MR) is 65.2 cm³/mol. The highest BCUT2D eigenvalue weighted by molar-refractivity contribution is 5.44. The van der Waals surface area contributed by atoms with Gasteiger partial charge in [0.05, 0.1) is 12.2 Å². The molecule has 0 radical (unpaired) electrons. The maximum Gasteiger partial charge on any atom is 0.132 e. The summed E-state index contributed by atoms with van der Waals surface area (Å²) in [7, 11) is 0. The zero-order valence-electron chi connectivity index (χ0n) is 9.59. The molecule has 0 aliphatic rings. The van der Waals surface area contributed by atoms with Crippen molar-refractivity contribution >= 4 is 11.6 Å². The summed E-state index contributed by atoms with van der Waals surface area (Å²) in [4.78, 5) is 16.4. The number of nitrogens with zero attached hydrogens (tertiary/aromatic N) is 4. The van der Waals surface area contributed by atoms with Crippen molar-refractivity contribution in [3.05, 3.63) is 36.2 Å². The van der Waals surface area contributed by atoms with Gasteiger partial charge in [-0.3, -0.25) is 0 Å². The molecule has 0 aliphatic carbocycles. The molecule has 2 aromatic heterocycles. The summed E-state index contributed by atoms with van der Waals surface area (Å²) in [5.74, 6) is 1.92. The number of nitrogens with two attached hydrogens (primary N) is 1. The first-order valence-corrected chi connectivity index (χ1v) is 5.40. The van der Waals surface area contributed by atoms with Crippen molar-refractivity contribution in [2.45, 2.75) is 19.9 Å². The van der Waals surface area contributed by atoms with Crippen LogP contribution < -0.4 is 11.1 Å². The van der Waals surface area contributed by atoms with Crippen LogP contribution in [-0.4, -0.2) is 19.9 Å². The number of nitrogens with one attached hydrogen (secondary N) is 1. The van der Waals surface area contributed by atoms with Crippen molar-refractivity contribution in [1.29, 1.82) is 0 Å². The molecule has 0 aliphatic heterocycles. The molecule has 17 heavy (non-hydrogen) atoms. The van der Waals surface area contributed by atoms with Crippen LogP contribution in [0.5, 0.6) is 0 Å². The maximum atomic E-state index is 5.69. The molecule has 2 aromatic rings. The summed E-state index contributed by atoms with van der Waals surface area (Å²) in [5, 5.41) is 3.16. The molecule has 0 saturated heterocycles. The van der Waals surface area contributed by atoms with Gasteiger partial charge in [0, 0.05) is 18.7 Å². The number of aromatic nitrogens is 4. The number of rotatable bonds is 4. The van der Waals surface area contributed by atoms with Gasteiger partial charge in [0.2, 0.25) is 0 Å². The highest BCUT2D eigenvalue weighted by Crippen LogP contribution is 2.09. The molecule has 0 aromatic carbocycles. The van der Waals surface area contributed by atoms with E-state index in [0.29, 0.717) is 18.2 Å². The minimum absolute atomic E-state index is 0.474. The lowest BCUT2D eigenvalue weighted by Gasteiger charge is -2.06. The fourth-order valence-corrected chi connectivity index (χ4v) is 1.37. The first-order valence-electron chi connectivity index (χ1n) is 5.40. The van der Waals surface area contributed by atoms with Gasteiger partial charge in [-0.25, -0.2) is 19.9 Å². The zero-order chi connectivity index (χ0) is 12.1. The molecule has 2 heterocycles. The molecule has 6 heteroatoms. The molecule has 88 valence electrons. The van der Waals surface area contributed by atoms with E-state index in [1.165, 1.54) is 6.33 Å². The van der Waals surface area contributed by atoms with Crippen LogP contribution in [0.25, 0.3) is 0 Å². The van der Waals surface area contributed by atoms with Crippen molar-refractivity contribution in [1.82, 2.24) is 19.9 Å². The van der Waals surface area contributed by atoms with E-state index in [1.807, 2.05) is 13.0 Å². The summed E-state index contributed by atoms with van der Waals surface area (Å²) in [6.45, 7) is 2.57. The van der Waals surface area contributed by atoms with Gasteiger partial charge in [0.1, 0.15) is 23.8 Å². The topological polar surface area (TPSA) is 89.6 Å². The van der Waals surface area contributed by atoms with E-state index in [0.717, 1.165) is 17.9 Å². The average Bonchev–Trinajstić information content (AvgIpc) is 2.37. The van der Waals surface area contributed by atoms with Crippen molar-refractivity contribution in [3.63, 3.8) is 0 Å². The van der Waals surface area contributed by atoms with Gasteiger partial charge in [0.25, 0.3) is 0 Å². The van der Waals surface area contributed by atoms with Crippen LogP contribution in [0.4, 0.5) is 11.6 Å². The summed E-state index contributed by atoms with van der Waals surface area (Å²) in [6, 6.07) is 3.55. The quantitative estimate of drug-likeness (QED) is 0.815. The van der Waals surface area contributed by atoms with Crippen LogP contribution in [0.15, 0.2) is 24.7 Å². The van der Waals surface area contributed by atoms with E-state index < -0.39 is 0 Å². The summed E-state index contributed by atoms with van der Waals surface area (Å²) in [6.07, 6.45) is 3.98. The smallest absolute Gasteiger partial charge is 0.132 e. The summed E-state index contributed by atoms with van der Waals surface area (Å²) in [5.41, 5.74) is 6.59. The van der Waals surface area contributed by atoms with E-state index in [1.54, 1.807) is 12.3 Å². The third-order valence-corrected chi connectivity index (χ3v) is 2.20. The van der Waals surface area contributed by atoms with Gasteiger partial charge < -0.3 is 11.1 Å². The molecule has 2 rings (SSSR count). The zero-order valence-corrected chi connectivity index (χ0v) is 9.59. The Morgan fingerprint density at radius 3 is 2.94 bits per heavy atom. The van der Waals surface area contributed by atoms with E-state index in [2.05, 4.69) is 25.3 Å². The molecule has 0 saturated carbocycles. The Morgan fingerprint density at radius 2 is 2.24 bits per heavy atom. The first-order chi connectivity index (χ1) is 8.28. The summed E-state index contributed by atoms with van der Waals surface area (Å²) >= 11 is 0. The third-order valence-electron chi connectivity index (χ3n) is 2.20. The molecular weight excluding hydrogens is 216 g/mol. The van der Waals surface area contributed by atoms with E-state index in [9.17, 15) is 0 Å². The lowest BCUT2D eigenvalue weighted by molar-refractivity contribution is 0.929. The van der Waals surface area contributed by atoms with Crippen molar-refractivity contribution in [2.24, 2.45) is 0 Å². The normalized spacial score (nSPS) is 10.2. The second-order valence-corrected chi connectivity index (χ2v) is 3.50. The van der Waals surface area contributed by atoms with Crippen LogP contribution in [0.2, 0.25) is 0 Å². The number of aryl methyl sites for hydroxylation is 1. The Labute approximate surface area is 99.4 Å². The lowest BCUT2D eigenvalue weighted by atomic mass is 10.4. The van der Waals surface area contributed by atoms with Gasteiger partial charge in [0.15, 0.2) is 0 Å². The van der Waals surface area contributed by atoms with Crippen molar-refractivity contribution < 1.29 is 0 Å². The third kappa shape index (κ3) is 3.10. The van der Waals surface area contributed by atoms with Crippen LogP contribution in [0, 0.1) is 0 Å². The SMILES string of the molecule is CCc1nc(N)cc(NCc2ccncn2)n1. The Kier molecular flexibility index (Phi) is 3.44. The molecule has 0 atom stereocenters. The fraction of sp³-hybridized carbons (Fsp3) is 0.273. The van der Waals surface area contributed by atoms with Crippen LogP contribution in [0.1, 0.15) is 18.4 Å². The lowest BCUT2D eigenvalue weighted by Crippen LogP contribution is -2.07. The second kappa shape index (κ2) is 5.20. The van der Waals surface area contributed by atoms with Gasteiger partial charge in [-0.15, -0.1) is 0 Å². The van der Waals surface area contributed by atoms with Crippen molar-refractivity contribution in [3.8, 4) is 0 Å². The average molecular weight is 230 g/mol. The number of nitrogen functional groups attached to an aromatic ring is 1. The highest BCUT2D eigenvalue weighted by atomic mass is 15.1. The Bertz CT molecular complexity index is 485. The first kappa shape index (κ1) is 11.3. The van der Waals surface area contributed by atoms with E-state index >= 15 is 0 Å². The van der Waals surface area contributed by atoms with E-state index in [-0.39, 0.29) is 0 Å². The number of anilines is 2. The van der Waals surface area contributed by atoms with Gasteiger partial charge in [-0.2, -0.15) is 0 Å². The molecule has 3 N–H and O–H groups in total. The van der Waals surface area contributed by atoms with Crippen molar-refractivity contribution in [2.75, 3.05) is 11.1 Å². The number of hydrogen-bond donors (Lipinski definition) is 2. The molecule has 0 fully saturated rings. The molecule has 0 bridgehead atoms. The molecule has 6 nitrogen and oxygen atoms in total. The Balaban J connectivity index is 2.06. The standard InChI is InChI=1S/C11H14N6/c1-2-10-16-9(12)5-11(17-10)14-6-8-3-4-13-7-15-8/h3-5,7H,2,6H2,1H3,(H3,12,14,16,17). The van der Waals surface area contributed by atoms with Gasteiger partial charge in [-0.05, 0) is 6.07 Å². The van der Waals surface area contributed by atoms with Crippen LogP contribution in [-0.2, 0) is 13.0 Å². The molecule has 0 amide bonds. The Hall–Kier alpha value is -2.24. The largest absolute Gasteiger partial charge is 0.384 e. The predicted octanol–water partition coefficient (Wildman–Crippen LogP) is 1.02. The minimum Gasteiger partial charge on any atom is -0.384 e. The maximum absolute atomic E-state index is 5.69. The second-order valence-electron chi connectivity index (χ2n) is 3.50. The molecule has 0 unspecified atom stereocenters. The minimum atomic E-state index is 0.474. The van der Waals surface area contributed by atoms with Gasteiger partial charge >= 0.3 is 0 Å². The van der Waals surface area contributed by atoms with E-state index in [4.69, 9.17) is 5.73 Å². The Morgan fingerprint density at radius 1 is 1.35 bits per heavy atom. The van der Waals surface area contributed by atoms with Gasteiger partial charge in [-0.1, -0.05) is 6.92 Å². The molecular formula is C11H14N6. The monoisotopic (exact) mass is 230 g/mol. The summed E-state index contributed by atoms with van der Waals surface area (Å²) < 4.78 is 0. The highest BCUT2D eigenvalue weighted by Gasteiger charge is 2.01. The fourth-order valence-electron chi connectivity index (χ4n) is 1.37. The number of hydrogen-bond acceptors (Lipinski definition) is 6. The van der Waals surface area contributed by atoms with Crippen LogP contribution in [0.3, 0.4) is 0 Å². The van der Waals surface area contributed by atoms with Crippen LogP contribution >= 0.6 is 0 Å². The molecule has 0 spiro atoms.